The summed E-state index contributed by atoms with van der Waals surface area (Å²) in [5.41, 5.74) is 6.75. The molecule has 1 aromatic rings. The van der Waals surface area contributed by atoms with Crippen LogP contribution in [0.5, 0.6) is 5.75 Å². The number of nitrogens with zero attached hydrogens (tertiary/aromatic N) is 1. The van der Waals surface area contributed by atoms with Crippen molar-refractivity contribution in [1.29, 1.82) is 0 Å². The molecule has 3 nitrogen and oxygen atoms in total. The maximum Gasteiger partial charge on any atom is 0.157 e. The molecule has 2 N–H and O–H groups in total. The average molecular weight is 285 g/mol. The van der Waals surface area contributed by atoms with Crippen molar-refractivity contribution < 1.29 is 4.74 Å². The zero-order valence-electron chi connectivity index (χ0n) is 9.61. The molecule has 0 radical (unpaired) electrons. The van der Waals surface area contributed by atoms with Gasteiger partial charge in [0.05, 0.1) is 16.2 Å². The third-order valence-corrected chi connectivity index (χ3v) is 3.82. The molecule has 88 valence electrons. The molecule has 0 saturated carbocycles. The van der Waals surface area contributed by atoms with Gasteiger partial charge in [-0.15, -0.1) is 0 Å². The molecule has 0 aromatic heterocycles. The molecule has 1 heterocycles. The Bertz CT molecular complexity index is 383. The number of halogens is 1. The van der Waals surface area contributed by atoms with E-state index in [9.17, 15) is 0 Å². The fraction of sp³-hybridized carbons (Fsp3) is 0.500. The number of para-hydroxylation sites is 1. The molecule has 2 rings (SSSR count). The summed E-state index contributed by atoms with van der Waals surface area (Å²) in [5.74, 6) is 0.932. The van der Waals surface area contributed by atoms with E-state index in [1.807, 2.05) is 12.1 Å². The molecule has 1 aliphatic heterocycles. The highest BCUT2D eigenvalue weighted by Crippen LogP contribution is 2.41. The minimum absolute atomic E-state index is 0.168. The number of hydrogen-bond acceptors (Lipinski definition) is 3. The first-order valence-electron chi connectivity index (χ1n) is 5.53. The van der Waals surface area contributed by atoms with Crippen molar-refractivity contribution in [3.8, 4) is 5.75 Å². The number of fused-ring (bicyclic) bond motifs is 1. The first-order valence-corrected chi connectivity index (χ1v) is 6.32. The van der Waals surface area contributed by atoms with Gasteiger partial charge in [-0.05, 0) is 48.0 Å². The normalized spacial score (nSPS) is 23.9. The molecule has 0 aliphatic carbocycles. The summed E-state index contributed by atoms with van der Waals surface area (Å²) in [6.45, 7) is 2.83. The zero-order chi connectivity index (χ0) is 11.7. The second-order valence-corrected chi connectivity index (χ2v) is 5.03. The van der Waals surface area contributed by atoms with E-state index in [0.29, 0.717) is 12.6 Å². The molecule has 0 fully saturated rings. The monoisotopic (exact) mass is 284 g/mol. The van der Waals surface area contributed by atoms with Crippen LogP contribution in [0.4, 0.5) is 5.69 Å². The number of rotatable bonds is 2. The highest BCUT2D eigenvalue weighted by molar-refractivity contribution is 9.10. The number of anilines is 1. The molecular weight excluding hydrogens is 268 g/mol. The van der Waals surface area contributed by atoms with Gasteiger partial charge >= 0.3 is 0 Å². The number of nitrogens with two attached hydrogens (primary N) is 1. The smallest absolute Gasteiger partial charge is 0.157 e. The lowest BCUT2D eigenvalue weighted by molar-refractivity contribution is 0.153. The summed E-state index contributed by atoms with van der Waals surface area (Å²) in [6.07, 6.45) is 1.05. The fourth-order valence-electron chi connectivity index (χ4n) is 2.07. The largest absolute Gasteiger partial charge is 0.485 e. The minimum Gasteiger partial charge on any atom is -0.485 e. The number of hydrogen-bond donors (Lipinski definition) is 1. The first-order chi connectivity index (χ1) is 7.65. The predicted octanol–water partition coefficient (Wildman–Crippen LogP) is 2.38. The van der Waals surface area contributed by atoms with Gasteiger partial charge in [-0.2, -0.15) is 0 Å². The second-order valence-electron chi connectivity index (χ2n) is 4.17. The molecule has 0 amide bonds. The standard InChI is InChI=1S/C12H17BrN2O/c1-8-11(6-7-14)16-12-9(13)4-3-5-10(12)15(8)2/h3-5,8,11H,6-7,14H2,1-2H3. The molecule has 0 spiro atoms. The van der Waals surface area contributed by atoms with Crippen LogP contribution in [0.2, 0.25) is 0 Å². The molecular formula is C12H17BrN2O. The van der Waals surface area contributed by atoms with Gasteiger partial charge in [0.25, 0.3) is 0 Å². The van der Waals surface area contributed by atoms with Gasteiger partial charge in [-0.25, -0.2) is 0 Å². The number of benzene rings is 1. The van der Waals surface area contributed by atoms with Gasteiger partial charge in [-0.3, -0.25) is 0 Å². The summed E-state index contributed by atoms with van der Waals surface area (Å²) in [4.78, 5) is 2.25. The van der Waals surface area contributed by atoms with Gasteiger partial charge in [-0.1, -0.05) is 6.07 Å². The SMILES string of the molecule is CC1C(CCN)Oc2c(Br)cccc2N1C. The lowest BCUT2D eigenvalue weighted by atomic mass is 10.0. The second kappa shape index (κ2) is 4.63. The molecule has 1 aliphatic rings. The van der Waals surface area contributed by atoms with Gasteiger partial charge in [0.1, 0.15) is 6.10 Å². The van der Waals surface area contributed by atoms with Crippen molar-refractivity contribution in [1.82, 2.24) is 0 Å². The Morgan fingerprint density at radius 3 is 2.94 bits per heavy atom. The van der Waals surface area contributed by atoms with Crippen LogP contribution < -0.4 is 15.4 Å². The predicted molar refractivity (Wildman–Crippen MR) is 70.1 cm³/mol. The van der Waals surface area contributed by atoms with E-state index >= 15 is 0 Å². The third-order valence-electron chi connectivity index (χ3n) is 3.20. The Hall–Kier alpha value is -0.740. The maximum atomic E-state index is 6.02. The van der Waals surface area contributed by atoms with Gasteiger partial charge in [0.15, 0.2) is 5.75 Å². The van der Waals surface area contributed by atoms with E-state index in [0.717, 1.165) is 22.3 Å². The Morgan fingerprint density at radius 1 is 1.50 bits per heavy atom. The fourth-order valence-corrected chi connectivity index (χ4v) is 2.52. The van der Waals surface area contributed by atoms with E-state index in [-0.39, 0.29) is 6.10 Å². The number of ether oxygens (including phenoxy) is 1. The van der Waals surface area contributed by atoms with Crippen LogP contribution in [0.25, 0.3) is 0 Å². The highest BCUT2D eigenvalue weighted by Gasteiger charge is 2.30. The van der Waals surface area contributed by atoms with E-state index in [1.54, 1.807) is 0 Å². The van der Waals surface area contributed by atoms with E-state index in [4.69, 9.17) is 10.5 Å². The molecule has 1 aromatic carbocycles. The van der Waals surface area contributed by atoms with E-state index in [2.05, 4.69) is 40.9 Å². The summed E-state index contributed by atoms with van der Waals surface area (Å²) in [7, 11) is 2.10. The van der Waals surface area contributed by atoms with Gasteiger partial charge in [0, 0.05) is 7.05 Å². The summed E-state index contributed by atoms with van der Waals surface area (Å²) < 4.78 is 7.02. The topological polar surface area (TPSA) is 38.5 Å². The Labute approximate surface area is 105 Å². The van der Waals surface area contributed by atoms with Crippen LogP contribution in [0.1, 0.15) is 13.3 Å². The van der Waals surface area contributed by atoms with Crippen LogP contribution in [0.15, 0.2) is 22.7 Å². The van der Waals surface area contributed by atoms with Crippen molar-refractivity contribution in [2.45, 2.75) is 25.5 Å². The molecule has 0 bridgehead atoms. The molecule has 4 heteroatoms. The van der Waals surface area contributed by atoms with Crippen molar-refractivity contribution in [2.75, 3.05) is 18.5 Å². The quantitative estimate of drug-likeness (QED) is 0.906. The molecule has 16 heavy (non-hydrogen) atoms. The Morgan fingerprint density at radius 2 is 2.25 bits per heavy atom. The number of likely N-dealkylation sites (N-methyl/N-ethyl adjacent to an activating group) is 1. The van der Waals surface area contributed by atoms with Gasteiger partial charge in [0.2, 0.25) is 0 Å². The third kappa shape index (κ3) is 1.92. The van der Waals surface area contributed by atoms with Crippen LogP contribution in [-0.4, -0.2) is 25.7 Å². The van der Waals surface area contributed by atoms with Crippen molar-refractivity contribution in [3.05, 3.63) is 22.7 Å². The summed E-state index contributed by atoms with van der Waals surface area (Å²) in [6, 6.07) is 6.46. The van der Waals surface area contributed by atoms with Crippen molar-refractivity contribution in [3.63, 3.8) is 0 Å². The lowest BCUT2D eigenvalue weighted by Gasteiger charge is -2.40. The van der Waals surface area contributed by atoms with E-state index in [1.165, 1.54) is 0 Å². The van der Waals surface area contributed by atoms with Crippen LogP contribution >= 0.6 is 15.9 Å². The van der Waals surface area contributed by atoms with Gasteiger partial charge < -0.3 is 15.4 Å². The van der Waals surface area contributed by atoms with Crippen LogP contribution in [-0.2, 0) is 0 Å². The maximum absolute atomic E-state index is 6.02. The lowest BCUT2D eigenvalue weighted by Crippen LogP contribution is -2.46. The Balaban J connectivity index is 2.36. The van der Waals surface area contributed by atoms with Crippen molar-refractivity contribution >= 4 is 21.6 Å². The minimum atomic E-state index is 0.168. The summed E-state index contributed by atoms with van der Waals surface area (Å²) in [5, 5.41) is 0. The first kappa shape index (κ1) is 11.7. The molecule has 0 saturated heterocycles. The van der Waals surface area contributed by atoms with Crippen LogP contribution in [0.3, 0.4) is 0 Å². The molecule has 2 unspecified atom stereocenters. The molecule has 2 atom stereocenters. The Kier molecular flexibility index (Phi) is 3.40. The van der Waals surface area contributed by atoms with Crippen LogP contribution in [0, 0.1) is 0 Å². The van der Waals surface area contributed by atoms with E-state index < -0.39 is 0 Å². The highest BCUT2D eigenvalue weighted by atomic mass is 79.9. The van der Waals surface area contributed by atoms with Crippen molar-refractivity contribution in [2.24, 2.45) is 5.73 Å². The summed E-state index contributed by atoms with van der Waals surface area (Å²) >= 11 is 3.53. The zero-order valence-corrected chi connectivity index (χ0v) is 11.2. The average Bonchev–Trinajstić information content (AvgIpc) is 2.27.